The summed E-state index contributed by atoms with van der Waals surface area (Å²) in [4.78, 5) is 14.2. The number of nitrogens with zero attached hydrogens (tertiary/aromatic N) is 4. The Balaban J connectivity index is 1.64. The maximum Gasteiger partial charge on any atom is 0.387 e. The minimum absolute atomic E-state index is 0.0777. The molecule has 164 valence electrons. The van der Waals surface area contributed by atoms with Crippen molar-refractivity contribution in [1.29, 1.82) is 0 Å². The molecule has 0 spiro atoms. The Bertz CT molecular complexity index is 1050. The van der Waals surface area contributed by atoms with E-state index in [4.69, 9.17) is 0 Å². The highest BCUT2D eigenvalue weighted by Gasteiger charge is 2.17. The first kappa shape index (κ1) is 22.7. The summed E-state index contributed by atoms with van der Waals surface area (Å²) in [5, 5.41) is 9.08. The molecule has 31 heavy (non-hydrogen) atoms. The third-order valence-electron chi connectivity index (χ3n) is 4.72. The topological polar surface area (TPSA) is 60.2 Å². The van der Waals surface area contributed by atoms with Gasteiger partial charge in [0.05, 0.1) is 11.4 Å². The van der Waals surface area contributed by atoms with Gasteiger partial charge in [0.1, 0.15) is 11.6 Å². The van der Waals surface area contributed by atoms with E-state index in [0.717, 1.165) is 28.2 Å². The van der Waals surface area contributed by atoms with Crippen LogP contribution in [0.15, 0.2) is 47.6 Å². The molecule has 3 aromatic rings. The summed E-state index contributed by atoms with van der Waals surface area (Å²) in [6.07, 6.45) is 0. The van der Waals surface area contributed by atoms with Crippen LogP contribution in [-0.4, -0.2) is 45.0 Å². The molecule has 0 bridgehead atoms. The lowest BCUT2D eigenvalue weighted by Crippen LogP contribution is -2.27. The molecule has 0 radical (unpaired) electrons. The van der Waals surface area contributed by atoms with Crippen molar-refractivity contribution in [2.24, 2.45) is 0 Å². The molecule has 0 saturated heterocycles. The predicted molar refractivity (Wildman–Crippen MR) is 116 cm³/mol. The molecule has 0 fully saturated rings. The second-order valence-corrected chi connectivity index (χ2v) is 8.16. The largest absolute Gasteiger partial charge is 0.435 e. The van der Waals surface area contributed by atoms with Gasteiger partial charge in [0.15, 0.2) is 5.16 Å². The van der Waals surface area contributed by atoms with Crippen molar-refractivity contribution in [3.05, 3.63) is 65.0 Å². The zero-order valence-corrected chi connectivity index (χ0v) is 18.6. The molecular formula is C22H24F2N4O2S. The van der Waals surface area contributed by atoms with Crippen LogP contribution in [0.3, 0.4) is 0 Å². The van der Waals surface area contributed by atoms with Crippen LogP contribution >= 0.6 is 11.8 Å². The molecule has 0 unspecified atom stereocenters. The number of hydrogen-bond donors (Lipinski definition) is 0. The van der Waals surface area contributed by atoms with E-state index < -0.39 is 6.61 Å². The lowest BCUT2D eigenvalue weighted by atomic mass is 10.1. The molecule has 0 atom stereocenters. The lowest BCUT2D eigenvalue weighted by Gasteiger charge is -2.18. The standard InChI is InChI=1S/C22H24F2N4O2S/c1-14-5-6-15(2)19(11-14)28-16(3)25-26-22(28)31-13-20(29)27(4)12-17-7-9-18(10-8-17)30-21(23)24/h5-11,21H,12-13H2,1-4H3. The van der Waals surface area contributed by atoms with Gasteiger partial charge in [0, 0.05) is 13.6 Å². The number of aromatic nitrogens is 3. The number of ether oxygens (including phenoxy) is 1. The van der Waals surface area contributed by atoms with Crippen LogP contribution in [-0.2, 0) is 11.3 Å². The Kier molecular flexibility index (Phi) is 7.27. The summed E-state index contributed by atoms with van der Waals surface area (Å²) in [5.41, 5.74) is 4.04. The van der Waals surface area contributed by atoms with Gasteiger partial charge in [-0.25, -0.2) is 0 Å². The minimum atomic E-state index is -2.86. The monoisotopic (exact) mass is 446 g/mol. The van der Waals surface area contributed by atoms with Gasteiger partial charge in [-0.3, -0.25) is 9.36 Å². The molecule has 0 aliphatic heterocycles. The van der Waals surface area contributed by atoms with Crippen LogP contribution in [0, 0.1) is 20.8 Å². The summed E-state index contributed by atoms with van der Waals surface area (Å²) in [5.74, 6) is 0.963. The Labute approximate surface area is 184 Å². The number of rotatable bonds is 8. The third kappa shape index (κ3) is 5.81. The Hall–Kier alpha value is -2.94. The number of alkyl halides is 2. The SMILES string of the molecule is Cc1ccc(C)c(-n2c(C)nnc2SCC(=O)N(C)Cc2ccc(OC(F)F)cc2)c1. The molecule has 3 rings (SSSR count). The predicted octanol–water partition coefficient (Wildman–Crippen LogP) is 4.54. The first-order valence-electron chi connectivity index (χ1n) is 9.64. The highest BCUT2D eigenvalue weighted by atomic mass is 32.2. The maximum absolute atomic E-state index is 12.6. The van der Waals surface area contributed by atoms with Gasteiger partial charge in [0.2, 0.25) is 5.91 Å². The van der Waals surface area contributed by atoms with E-state index in [-0.39, 0.29) is 17.4 Å². The lowest BCUT2D eigenvalue weighted by molar-refractivity contribution is -0.127. The van der Waals surface area contributed by atoms with Crippen LogP contribution in [0.25, 0.3) is 5.69 Å². The number of carbonyl (C=O) groups excluding carboxylic acids is 1. The molecule has 0 aliphatic rings. The summed E-state index contributed by atoms with van der Waals surface area (Å²) in [7, 11) is 1.70. The molecule has 1 amide bonds. The van der Waals surface area contributed by atoms with Gasteiger partial charge in [0.25, 0.3) is 0 Å². The smallest absolute Gasteiger partial charge is 0.387 e. The fraction of sp³-hybridized carbons (Fsp3) is 0.318. The third-order valence-corrected chi connectivity index (χ3v) is 5.63. The first-order valence-corrected chi connectivity index (χ1v) is 10.6. The normalized spacial score (nSPS) is 11.1. The van der Waals surface area contributed by atoms with Crippen LogP contribution in [0.2, 0.25) is 0 Å². The van der Waals surface area contributed by atoms with E-state index in [1.807, 2.05) is 25.3 Å². The second-order valence-electron chi connectivity index (χ2n) is 7.22. The van der Waals surface area contributed by atoms with Gasteiger partial charge >= 0.3 is 6.61 Å². The Morgan fingerprint density at radius 2 is 1.84 bits per heavy atom. The quantitative estimate of drug-likeness (QED) is 0.476. The van der Waals surface area contributed by atoms with Crippen molar-refractivity contribution in [2.45, 2.75) is 39.1 Å². The number of carbonyl (C=O) groups is 1. The van der Waals surface area contributed by atoms with Crippen molar-refractivity contribution < 1.29 is 18.3 Å². The Morgan fingerprint density at radius 1 is 1.13 bits per heavy atom. The van der Waals surface area contributed by atoms with Crippen LogP contribution < -0.4 is 4.74 Å². The summed E-state index contributed by atoms with van der Waals surface area (Å²) >= 11 is 1.33. The second kappa shape index (κ2) is 9.91. The zero-order valence-electron chi connectivity index (χ0n) is 17.8. The number of hydrogen-bond acceptors (Lipinski definition) is 5. The number of halogens is 2. The molecule has 0 aliphatic carbocycles. The molecule has 1 heterocycles. The number of amides is 1. The number of aryl methyl sites for hydroxylation is 3. The van der Waals surface area contributed by atoms with Crippen LogP contribution in [0.4, 0.5) is 8.78 Å². The maximum atomic E-state index is 12.6. The van der Waals surface area contributed by atoms with Crippen molar-refractivity contribution in [3.63, 3.8) is 0 Å². The van der Waals surface area contributed by atoms with Gasteiger partial charge in [-0.15, -0.1) is 10.2 Å². The summed E-state index contributed by atoms with van der Waals surface area (Å²) < 4.78 is 30.8. The average Bonchev–Trinajstić information content (AvgIpc) is 3.09. The van der Waals surface area contributed by atoms with E-state index in [1.54, 1.807) is 24.1 Å². The van der Waals surface area contributed by atoms with Crippen molar-refractivity contribution in [2.75, 3.05) is 12.8 Å². The van der Waals surface area contributed by atoms with E-state index in [1.165, 1.54) is 23.9 Å². The van der Waals surface area contributed by atoms with Crippen molar-refractivity contribution in [1.82, 2.24) is 19.7 Å². The molecule has 0 N–H and O–H groups in total. The van der Waals surface area contributed by atoms with E-state index in [2.05, 4.69) is 33.1 Å². The number of benzene rings is 2. The summed E-state index contributed by atoms with van der Waals surface area (Å²) in [6.45, 7) is 3.44. The molecule has 9 heteroatoms. The molecule has 1 aromatic heterocycles. The van der Waals surface area contributed by atoms with Gasteiger partial charge < -0.3 is 9.64 Å². The average molecular weight is 447 g/mol. The zero-order chi connectivity index (χ0) is 22.5. The Morgan fingerprint density at radius 3 is 2.52 bits per heavy atom. The van der Waals surface area contributed by atoms with Crippen molar-refractivity contribution in [3.8, 4) is 11.4 Å². The molecule has 6 nitrogen and oxygen atoms in total. The molecule has 0 saturated carbocycles. The van der Waals surface area contributed by atoms with Gasteiger partial charge in [-0.05, 0) is 55.7 Å². The molecule has 2 aromatic carbocycles. The minimum Gasteiger partial charge on any atom is -0.435 e. The van der Waals surface area contributed by atoms with E-state index >= 15 is 0 Å². The van der Waals surface area contributed by atoms with Crippen LogP contribution in [0.5, 0.6) is 5.75 Å². The fourth-order valence-corrected chi connectivity index (χ4v) is 3.98. The van der Waals surface area contributed by atoms with Gasteiger partial charge in [-0.2, -0.15) is 8.78 Å². The molecular weight excluding hydrogens is 422 g/mol. The highest BCUT2D eigenvalue weighted by molar-refractivity contribution is 7.99. The van der Waals surface area contributed by atoms with E-state index in [0.29, 0.717) is 11.7 Å². The summed E-state index contributed by atoms with van der Waals surface area (Å²) in [6, 6.07) is 12.4. The van der Waals surface area contributed by atoms with Gasteiger partial charge in [-0.1, -0.05) is 36.0 Å². The fourth-order valence-electron chi connectivity index (χ4n) is 3.05. The highest BCUT2D eigenvalue weighted by Crippen LogP contribution is 2.25. The number of thioether (sulfide) groups is 1. The van der Waals surface area contributed by atoms with E-state index in [9.17, 15) is 13.6 Å². The van der Waals surface area contributed by atoms with Crippen molar-refractivity contribution >= 4 is 17.7 Å². The first-order chi connectivity index (χ1) is 14.7. The van der Waals surface area contributed by atoms with Crippen LogP contribution in [0.1, 0.15) is 22.5 Å².